The van der Waals surface area contributed by atoms with E-state index in [1.54, 1.807) is 6.34 Å². The molecule has 0 amide bonds. The molecule has 5 heteroatoms. The minimum Gasteiger partial charge on any atom is -0.385 e. The molecule has 0 saturated carbocycles. The lowest BCUT2D eigenvalue weighted by Gasteiger charge is -2.06. The summed E-state index contributed by atoms with van der Waals surface area (Å²) in [5.74, 6) is 0. The van der Waals surface area contributed by atoms with Crippen molar-refractivity contribution >= 4 is 12.0 Å². The van der Waals surface area contributed by atoms with E-state index in [1.807, 2.05) is 36.2 Å². The van der Waals surface area contributed by atoms with Crippen molar-refractivity contribution < 1.29 is 0 Å². The molecule has 0 aromatic heterocycles. The van der Waals surface area contributed by atoms with Crippen LogP contribution < -0.4 is 10.7 Å². The maximum Gasteiger partial charge on any atom is 0.112 e. The zero-order valence-corrected chi connectivity index (χ0v) is 14.2. The van der Waals surface area contributed by atoms with E-state index in [4.69, 9.17) is 5.26 Å². The van der Waals surface area contributed by atoms with Crippen molar-refractivity contribution in [3.63, 3.8) is 0 Å². The fraction of sp³-hybridized carbons (Fsp3) is 0.263. The third-order valence-electron chi connectivity index (χ3n) is 3.54. The Morgan fingerprint density at radius 1 is 1.17 bits per heavy atom. The number of hydrogen-bond donors (Lipinski definition) is 2. The average Bonchev–Trinajstić information content (AvgIpc) is 3.09. The second kappa shape index (κ2) is 9.21. The van der Waals surface area contributed by atoms with Gasteiger partial charge in [0.15, 0.2) is 0 Å². The van der Waals surface area contributed by atoms with Crippen LogP contribution in [0.1, 0.15) is 16.7 Å². The van der Waals surface area contributed by atoms with E-state index in [0.29, 0.717) is 5.56 Å². The first-order chi connectivity index (χ1) is 11.7. The van der Waals surface area contributed by atoms with Crippen LogP contribution >= 0.6 is 0 Å². The van der Waals surface area contributed by atoms with Crippen LogP contribution in [0.2, 0.25) is 0 Å². The molecule has 124 valence electrons. The molecule has 0 radical (unpaired) electrons. The van der Waals surface area contributed by atoms with Gasteiger partial charge in [-0.3, -0.25) is 5.43 Å². The second-order valence-corrected chi connectivity index (χ2v) is 5.67. The summed E-state index contributed by atoms with van der Waals surface area (Å²) in [6.07, 6.45) is 2.75. The van der Waals surface area contributed by atoms with Gasteiger partial charge in [-0.1, -0.05) is 29.8 Å². The molecule has 1 heterocycles. The van der Waals surface area contributed by atoms with Crippen molar-refractivity contribution in [2.75, 3.05) is 25.6 Å². The standard InChI is InChI=1S/C16H16N2.C3H7N3/c1-13-2-4-14(5-3-13)10-11-18-16-8-6-15(12-17)7-9-16;1-6-2-4-5-3-6/h2-9,18H,10-11H2,1H3;2,5H,3H2,1H3. The number of nitriles is 1. The van der Waals surface area contributed by atoms with Crippen molar-refractivity contribution in [1.82, 2.24) is 10.3 Å². The number of anilines is 1. The van der Waals surface area contributed by atoms with E-state index in [1.165, 1.54) is 11.1 Å². The summed E-state index contributed by atoms with van der Waals surface area (Å²) >= 11 is 0. The van der Waals surface area contributed by atoms with Crippen LogP contribution in [0.15, 0.2) is 53.6 Å². The fourth-order valence-electron chi connectivity index (χ4n) is 2.10. The maximum absolute atomic E-state index is 8.71. The Hall–Kier alpha value is -3.00. The molecule has 1 aliphatic rings. The molecule has 0 bridgehead atoms. The summed E-state index contributed by atoms with van der Waals surface area (Å²) in [6, 6.07) is 18.2. The van der Waals surface area contributed by atoms with Crippen LogP contribution in [0.3, 0.4) is 0 Å². The number of nitrogens with one attached hydrogen (secondary N) is 2. The number of aryl methyl sites for hydroxylation is 1. The van der Waals surface area contributed by atoms with Gasteiger partial charge in [0.1, 0.15) is 13.0 Å². The predicted molar refractivity (Wildman–Crippen MR) is 98.8 cm³/mol. The van der Waals surface area contributed by atoms with Crippen LogP contribution in [0.4, 0.5) is 5.69 Å². The van der Waals surface area contributed by atoms with Gasteiger partial charge in [-0.2, -0.15) is 10.4 Å². The zero-order valence-electron chi connectivity index (χ0n) is 14.2. The largest absolute Gasteiger partial charge is 0.385 e. The molecule has 0 aliphatic carbocycles. The van der Waals surface area contributed by atoms with Gasteiger partial charge in [0.25, 0.3) is 0 Å². The topological polar surface area (TPSA) is 63.4 Å². The summed E-state index contributed by atoms with van der Waals surface area (Å²) in [5, 5.41) is 15.8. The third-order valence-corrected chi connectivity index (χ3v) is 3.54. The summed E-state index contributed by atoms with van der Waals surface area (Å²) in [6.45, 7) is 3.84. The first-order valence-electron chi connectivity index (χ1n) is 7.93. The van der Waals surface area contributed by atoms with Crippen molar-refractivity contribution in [1.29, 1.82) is 5.26 Å². The molecule has 0 fully saturated rings. The number of hydrogen-bond acceptors (Lipinski definition) is 5. The molecule has 5 nitrogen and oxygen atoms in total. The molecule has 2 N–H and O–H groups in total. The van der Waals surface area contributed by atoms with Crippen molar-refractivity contribution in [3.05, 3.63) is 65.2 Å². The van der Waals surface area contributed by atoms with Gasteiger partial charge in [0.05, 0.1) is 11.6 Å². The average molecular weight is 321 g/mol. The first-order valence-corrected chi connectivity index (χ1v) is 7.93. The molecule has 0 saturated heterocycles. The smallest absolute Gasteiger partial charge is 0.112 e. The van der Waals surface area contributed by atoms with E-state index in [2.05, 4.69) is 53.1 Å². The Balaban J connectivity index is 0.000000292. The van der Waals surface area contributed by atoms with Crippen molar-refractivity contribution in [2.45, 2.75) is 13.3 Å². The summed E-state index contributed by atoms with van der Waals surface area (Å²) in [4.78, 5) is 1.96. The number of hydrazone groups is 1. The SMILES string of the molecule is CN1C=NNC1.Cc1ccc(CCNc2ccc(C#N)cc2)cc1. The minimum atomic E-state index is 0.694. The molecule has 3 rings (SSSR count). The van der Waals surface area contributed by atoms with Crippen LogP contribution in [0.25, 0.3) is 0 Å². The minimum absolute atomic E-state index is 0.694. The van der Waals surface area contributed by atoms with Gasteiger partial charge < -0.3 is 10.2 Å². The van der Waals surface area contributed by atoms with Gasteiger partial charge in [-0.05, 0) is 43.2 Å². The summed E-state index contributed by atoms with van der Waals surface area (Å²) in [5.41, 5.74) is 7.14. The summed E-state index contributed by atoms with van der Waals surface area (Å²) in [7, 11) is 1.96. The monoisotopic (exact) mass is 321 g/mol. The molecule has 2 aromatic rings. The van der Waals surface area contributed by atoms with Gasteiger partial charge in [-0.15, -0.1) is 0 Å². The Kier molecular flexibility index (Phi) is 6.66. The van der Waals surface area contributed by atoms with Gasteiger partial charge in [-0.25, -0.2) is 0 Å². The molecular formula is C19H23N5. The third kappa shape index (κ3) is 6.01. The van der Waals surface area contributed by atoms with E-state index >= 15 is 0 Å². The van der Waals surface area contributed by atoms with Crippen LogP contribution in [-0.4, -0.2) is 31.5 Å². The lowest BCUT2D eigenvalue weighted by Crippen LogP contribution is -2.17. The predicted octanol–water partition coefficient (Wildman–Crippen LogP) is 2.94. The Morgan fingerprint density at radius 3 is 2.38 bits per heavy atom. The van der Waals surface area contributed by atoms with Gasteiger partial charge in [0, 0.05) is 19.3 Å². The molecule has 0 spiro atoms. The zero-order chi connectivity index (χ0) is 17.2. The Morgan fingerprint density at radius 2 is 1.88 bits per heavy atom. The molecule has 0 atom stereocenters. The van der Waals surface area contributed by atoms with E-state index in [0.717, 1.165) is 25.3 Å². The molecule has 1 aliphatic heterocycles. The molecule has 0 unspecified atom stereocenters. The number of benzene rings is 2. The van der Waals surface area contributed by atoms with Gasteiger partial charge in [0.2, 0.25) is 0 Å². The quantitative estimate of drug-likeness (QED) is 0.909. The Bertz CT molecular complexity index is 683. The van der Waals surface area contributed by atoms with Crippen molar-refractivity contribution in [2.24, 2.45) is 5.10 Å². The second-order valence-electron chi connectivity index (χ2n) is 5.67. The first kappa shape index (κ1) is 17.4. The van der Waals surface area contributed by atoms with Crippen LogP contribution in [0, 0.1) is 18.3 Å². The van der Waals surface area contributed by atoms with Crippen LogP contribution in [-0.2, 0) is 6.42 Å². The number of nitrogens with zero attached hydrogens (tertiary/aromatic N) is 3. The molecule has 2 aromatic carbocycles. The van der Waals surface area contributed by atoms with E-state index < -0.39 is 0 Å². The molecular weight excluding hydrogens is 298 g/mol. The highest BCUT2D eigenvalue weighted by Gasteiger charge is 1.95. The Labute approximate surface area is 143 Å². The van der Waals surface area contributed by atoms with Crippen molar-refractivity contribution in [3.8, 4) is 6.07 Å². The highest BCUT2D eigenvalue weighted by molar-refractivity contribution is 5.55. The highest BCUT2D eigenvalue weighted by Crippen LogP contribution is 2.09. The van der Waals surface area contributed by atoms with Gasteiger partial charge >= 0.3 is 0 Å². The highest BCUT2D eigenvalue weighted by atomic mass is 15.5. The normalized spacial score (nSPS) is 12.0. The lowest BCUT2D eigenvalue weighted by molar-refractivity contribution is 0.514. The fourth-order valence-corrected chi connectivity index (χ4v) is 2.10. The number of rotatable bonds is 4. The molecule has 24 heavy (non-hydrogen) atoms. The van der Waals surface area contributed by atoms with E-state index in [9.17, 15) is 0 Å². The summed E-state index contributed by atoms with van der Waals surface area (Å²) < 4.78 is 0. The maximum atomic E-state index is 8.71. The van der Waals surface area contributed by atoms with Crippen LogP contribution in [0.5, 0.6) is 0 Å². The lowest BCUT2D eigenvalue weighted by atomic mass is 10.1. The van der Waals surface area contributed by atoms with E-state index in [-0.39, 0.29) is 0 Å².